The van der Waals surface area contributed by atoms with Crippen molar-refractivity contribution in [2.45, 2.75) is 19.5 Å². The number of rotatable bonds is 0. The first-order valence-corrected chi connectivity index (χ1v) is 2.15. The fourth-order valence-electron chi connectivity index (χ4n) is 0. The zero-order valence-corrected chi connectivity index (χ0v) is 4.76. The molecule has 0 aliphatic rings. The van der Waals surface area contributed by atoms with E-state index in [0.29, 0.717) is 0 Å². The molecule has 3 radical (unpaired) electrons. The molecule has 0 aliphatic carbocycles. The maximum atomic E-state index is 2.66. The van der Waals surface area contributed by atoms with Gasteiger partial charge in [-0.15, -0.1) is 9.24 Å². The molecule has 0 fully saturated rings. The third-order valence-electron chi connectivity index (χ3n) is 0. The van der Waals surface area contributed by atoms with E-state index in [1.54, 1.807) is 0 Å². The Morgan fingerprint density at radius 3 is 1.40 bits per heavy atom. The molecule has 1 unspecified atom stereocenters. The zero-order valence-electron chi connectivity index (χ0n) is 3.60. The van der Waals surface area contributed by atoms with Crippen molar-refractivity contribution in [3.05, 3.63) is 0 Å². The molecule has 0 spiro atoms. The summed E-state index contributed by atoms with van der Waals surface area (Å²) < 4.78 is 0. The van der Waals surface area contributed by atoms with Crippen molar-refractivity contribution in [3.63, 3.8) is 0 Å². The van der Waals surface area contributed by atoms with Crippen molar-refractivity contribution < 1.29 is 0 Å². The van der Waals surface area contributed by atoms with E-state index >= 15 is 0 Å². The minimum absolute atomic E-state index is 0. The van der Waals surface area contributed by atoms with Crippen LogP contribution in [0.2, 0.25) is 0 Å². The lowest BCUT2D eigenvalue weighted by molar-refractivity contribution is 1.12. The Morgan fingerprint density at radius 2 is 1.40 bits per heavy atom. The standard InChI is InChI=1S/C3H9P.N/c1-3(2)4;/h3H,4H2,1-2H3;. The molecule has 0 saturated heterocycles. The molecule has 1 atom stereocenters. The monoisotopic (exact) mass is 90.0 g/mol. The molecule has 0 saturated carbocycles. The molecule has 0 heterocycles. The van der Waals surface area contributed by atoms with E-state index < -0.39 is 0 Å². The van der Waals surface area contributed by atoms with Crippen LogP contribution >= 0.6 is 9.24 Å². The van der Waals surface area contributed by atoms with E-state index in [-0.39, 0.29) is 6.15 Å². The fraction of sp³-hybridized carbons (Fsp3) is 1.00. The van der Waals surface area contributed by atoms with Crippen molar-refractivity contribution in [3.8, 4) is 0 Å². The van der Waals surface area contributed by atoms with Crippen LogP contribution in [0.15, 0.2) is 0 Å². The molecule has 0 bridgehead atoms. The lowest BCUT2D eigenvalue weighted by atomic mass is 10.6. The Morgan fingerprint density at radius 1 is 1.40 bits per heavy atom. The average Bonchev–Trinajstić information content (AvgIpc) is 0.811. The molecule has 0 N–H and O–H groups in total. The summed E-state index contributed by atoms with van der Waals surface area (Å²) in [6.45, 7) is 4.26. The molecule has 0 rings (SSSR count). The Kier molecular flexibility index (Phi) is 7.94. The van der Waals surface area contributed by atoms with Crippen LogP contribution in [-0.4, -0.2) is 5.66 Å². The summed E-state index contributed by atoms with van der Waals surface area (Å²) in [5.41, 5.74) is 0.750. The summed E-state index contributed by atoms with van der Waals surface area (Å²) in [6, 6.07) is 0. The molecule has 1 nitrogen and oxygen atoms in total. The first-order valence-electron chi connectivity index (χ1n) is 1.49. The van der Waals surface area contributed by atoms with Crippen LogP contribution in [0.25, 0.3) is 0 Å². The molecular formula is C3H9NP. The smallest absolute Gasteiger partial charge is 0 e. The summed E-state index contributed by atoms with van der Waals surface area (Å²) >= 11 is 0. The summed E-state index contributed by atoms with van der Waals surface area (Å²) in [6.07, 6.45) is 0. The lowest BCUT2D eigenvalue weighted by Gasteiger charge is -1.79. The minimum atomic E-state index is 0. The van der Waals surface area contributed by atoms with Gasteiger partial charge in [-0.25, -0.2) is 0 Å². The molecule has 0 aliphatic heterocycles. The van der Waals surface area contributed by atoms with Crippen molar-refractivity contribution in [2.24, 2.45) is 0 Å². The highest BCUT2D eigenvalue weighted by molar-refractivity contribution is 7.17. The normalized spacial score (nSPS) is 7.20. The van der Waals surface area contributed by atoms with Crippen LogP contribution in [-0.2, 0) is 0 Å². The van der Waals surface area contributed by atoms with Gasteiger partial charge in [0.05, 0.1) is 0 Å². The predicted octanol–water partition coefficient (Wildman–Crippen LogP) is 0.789. The summed E-state index contributed by atoms with van der Waals surface area (Å²) in [5, 5.41) is 0. The van der Waals surface area contributed by atoms with Gasteiger partial charge in [0.2, 0.25) is 0 Å². The van der Waals surface area contributed by atoms with Gasteiger partial charge in [0.25, 0.3) is 0 Å². The molecule has 2 heteroatoms. The second kappa shape index (κ2) is 4.39. The van der Waals surface area contributed by atoms with E-state index in [1.165, 1.54) is 0 Å². The third-order valence-corrected chi connectivity index (χ3v) is 0. The van der Waals surface area contributed by atoms with Crippen LogP contribution in [0.1, 0.15) is 13.8 Å². The number of nitrogens with zero attached hydrogens (tertiary/aromatic N) is 1. The Bertz CT molecular complexity index is 11.6. The zero-order chi connectivity index (χ0) is 3.58. The molecular weight excluding hydrogens is 81.0 g/mol. The molecule has 0 aromatic heterocycles. The van der Waals surface area contributed by atoms with E-state index in [9.17, 15) is 0 Å². The van der Waals surface area contributed by atoms with E-state index in [4.69, 9.17) is 0 Å². The number of hydrogen-bond acceptors (Lipinski definition) is 0. The first-order chi connectivity index (χ1) is 1.73. The maximum absolute atomic E-state index is 2.66. The van der Waals surface area contributed by atoms with E-state index in [2.05, 4.69) is 23.1 Å². The van der Waals surface area contributed by atoms with Crippen LogP contribution in [0, 0.1) is 0 Å². The van der Waals surface area contributed by atoms with Gasteiger partial charge in [-0.05, 0) is 5.66 Å². The van der Waals surface area contributed by atoms with Crippen molar-refractivity contribution in [2.75, 3.05) is 0 Å². The van der Waals surface area contributed by atoms with Crippen LogP contribution in [0.3, 0.4) is 0 Å². The highest BCUT2D eigenvalue weighted by atomic mass is 31.0. The van der Waals surface area contributed by atoms with Crippen molar-refractivity contribution in [1.82, 2.24) is 6.15 Å². The third kappa shape index (κ3) is 165. The van der Waals surface area contributed by atoms with Gasteiger partial charge in [0.1, 0.15) is 0 Å². The van der Waals surface area contributed by atoms with E-state index in [1.807, 2.05) is 0 Å². The summed E-state index contributed by atoms with van der Waals surface area (Å²) in [5.74, 6) is 0. The lowest BCUT2D eigenvalue weighted by Crippen LogP contribution is -1.69. The molecule has 0 aromatic carbocycles. The van der Waals surface area contributed by atoms with Gasteiger partial charge in [-0.3, -0.25) is 0 Å². The SMILES string of the molecule is CC(C)P.[N]. The molecule has 31 valence electrons. The fourth-order valence-corrected chi connectivity index (χ4v) is 0. The van der Waals surface area contributed by atoms with Gasteiger partial charge in [0.15, 0.2) is 0 Å². The second-order valence-corrected chi connectivity index (χ2v) is 2.58. The van der Waals surface area contributed by atoms with Gasteiger partial charge < -0.3 is 0 Å². The molecule has 5 heavy (non-hydrogen) atoms. The first kappa shape index (κ1) is 9.04. The minimum Gasteiger partial charge on any atom is -0.135 e. The van der Waals surface area contributed by atoms with E-state index in [0.717, 1.165) is 5.66 Å². The largest absolute Gasteiger partial charge is 0.135 e. The van der Waals surface area contributed by atoms with Crippen molar-refractivity contribution in [1.29, 1.82) is 0 Å². The van der Waals surface area contributed by atoms with Gasteiger partial charge in [0, 0.05) is 6.15 Å². The quantitative estimate of drug-likeness (QED) is 0.394. The average molecular weight is 90.1 g/mol. The summed E-state index contributed by atoms with van der Waals surface area (Å²) in [7, 11) is 2.66. The van der Waals surface area contributed by atoms with Gasteiger partial charge in [-0.2, -0.15) is 0 Å². The van der Waals surface area contributed by atoms with Crippen LogP contribution in [0.4, 0.5) is 0 Å². The molecule has 0 aromatic rings. The van der Waals surface area contributed by atoms with Crippen LogP contribution in [0.5, 0.6) is 0 Å². The van der Waals surface area contributed by atoms with Crippen LogP contribution < -0.4 is 6.15 Å². The summed E-state index contributed by atoms with van der Waals surface area (Å²) in [4.78, 5) is 0. The predicted molar refractivity (Wildman–Crippen MR) is 27.0 cm³/mol. The number of hydrogen-bond donors (Lipinski definition) is 0. The molecule has 0 amide bonds. The second-order valence-electron chi connectivity index (χ2n) is 1.24. The highest BCUT2D eigenvalue weighted by Crippen LogP contribution is 1.90. The Labute approximate surface area is 35.9 Å². The van der Waals surface area contributed by atoms with Crippen molar-refractivity contribution >= 4 is 9.24 Å². The topological polar surface area (TPSA) is 30.5 Å². The van der Waals surface area contributed by atoms with Gasteiger partial charge >= 0.3 is 0 Å². The highest BCUT2D eigenvalue weighted by Gasteiger charge is 1.68. The maximum Gasteiger partial charge on any atom is 0 e. The van der Waals surface area contributed by atoms with Gasteiger partial charge in [-0.1, -0.05) is 13.8 Å². The Balaban J connectivity index is 0. The Hall–Kier alpha value is 0.390.